The second-order valence-corrected chi connectivity index (χ2v) is 12.0. The molecule has 3 N–H and O–H groups in total. The number of carbonyl (C=O) groups excluding carboxylic acids is 3. The molecule has 1 aliphatic heterocycles. The van der Waals surface area contributed by atoms with Gasteiger partial charge >= 0.3 is 12.0 Å². The lowest BCUT2D eigenvalue weighted by atomic mass is 9.95. The Morgan fingerprint density at radius 2 is 1.87 bits per heavy atom. The molecule has 4 rings (SSSR count). The van der Waals surface area contributed by atoms with E-state index in [0.29, 0.717) is 44.4 Å². The summed E-state index contributed by atoms with van der Waals surface area (Å²) >= 11 is 12.2. The van der Waals surface area contributed by atoms with Crippen LogP contribution in [0.2, 0.25) is 5.02 Å². The lowest BCUT2D eigenvalue weighted by Crippen LogP contribution is -2.45. The molecular formula is C31H29BrClIN4O7. The van der Waals surface area contributed by atoms with E-state index in [0.717, 1.165) is 9.13 Å². The summed E-state index contributed by atoms with van der Waals surface area (Å²) in [6.45, 7) is 3.49. The predicted octanol–water partition coefficient (Wildman–Crippen LogP) is 6.01. The minimum Gasteiger partial charge on any atom is -0.493 e. The molecule has 236 valence electrons. The molecule has 3 amide bonds. The van der Waals surface area contributed by atoms with E-state index in [-0.39, 0.29) is 24.5 Å². The number of nitrogens with one attached hydrogen (secondary N) is 3. The zero-order valence-corrected chi connectivity index (χ0v) is 28.9. The van der Waals surface area contributed by atoms with Gasteiger partial charge in [0.15, 0.2) is 23.9 Å². The van der Waals surface area contributed by atoms with Crippen LogP contribution in [0, 0.1) is 3.57 Å². The van der Waals surface area contributed by atoms with Crippen molar-refractivity contribution in [3.8, 4) is 17.2 Å². The molecule has 0 spiro atoms. The summed E-state index contributed by atoms with van der Waals surface area (Å²) in [5.74, 6) is -0.0120. The maximum Gasteiger partial charge on any atom is 0.338 e. The third kappa shape index (κ3) is 9.11. The number of benzene rings is 3. The molecule has 0 aliphatic carbocycles. The van der Waals surface area contributed by atoms with E-state index in [2.05, 4.69) is 59.7 Å². The number of halogens is 3. The summed E-state index contributed by atoms with van der Waals surface area (Å²) in [5.41, 5.74) is 5.25. The topological polar surface area (TPSA) is 137 Å². The first-order valence-corrected chi connectivity index (χ1v) is 15.8. The molecule has 0 saturated heterocycles. The second kappa shape index (κ2) is 16.0. The molecule has 1 heterocycles. The molecule has 0 aromatic heterocycles. The van der Waals surface area contributed by atoms with E-state index in [1.165, 1.54) is 13.3 Å². The van der Waals surface area contributed by atoms with E-state index in [1.807, 2.05) is 24.3 Å². The van der Waals surface area contributed by atoms with Crippen LogP contribution in [0.4, 0.5) is 4.79 Å². The number of methoxy groups -OCH3 is 1. The number of allylic oxidation sites excluding steroid dienone is 1. The minimum atomic E-state index is -0.777. The fourth-order valence-electron chi connectivity index (χ4n) is 4.29. The summed E-state index contributed by atoms with van der Waals surface area (Å²) in [6.07, 6.45) is 1.44. The fourth-order valence-corrected chi connectivity index (χ4v) is 5.64. The van der Waals surface area contributed by atoms with Crippen molar-refractivity contribution in [1.82, 2.24) is 16.1 Å². The highest BCUT2D eigenvalue weighted by molar-refractivity contribution is 14.1. The Kier molecular flexibility index (Phi) is 12.1. The highest BCUT2D eigenvalue weighted by Crippen LogP contribution is 2.36. The summed E-state index contributed by atoms with van der Waals surface area (Å²) in [5, 5.41) is 9.69. The molecule has 3 aromatic rings. The maximum absolute atomic E-state index is 12.6. The zero-order chi connectivity index (χ0) is 32.5. The van der Waals surface area contributed by atoms with Crippen LogP contribution in [-0.4, -0.2) is 44.4 Å². The first-order valence-electron chi connectivity index (χ1n) is 13.5. The Morgan fingerprint density at radius 3 is 2.56 bits per heavy atom. The Labute approximate surface area is 286 Å². The van der Waals surface area contributed by atoms with Gasteiger partial charge in [0.1, 0.15) is 6.61 Å². The lowest BCUT2D eigenvalue weighted by Gasteiger charge is -2.28. The van der Waals surface area contributed by atoms with Gasteiger partial charge in [-0.3, -0.25) is 4.79 Å². The Balaban J connectivity index is 1.35. The Hall–Kier alpha value is -3.82. The van der Waals surface area contributed by atoms with Crippen LogP contribution in [0.1, 0.15) is 36.6 Å². The van der Waals surface area contributed by atoms with Crippen LogP contribution < -0.4 is 30.3 Å². The first-order chi connectivity index (χ1) is 21.6. The van der Waals surface area contributed by atoms with Crippen LogP contribution in [0.25, 0.3) is 0 Å². The zero-order valence-electron chi connectivity index (χ0n) is 24.4. The van der Waals surface area contributed by atoms with Gasteiger partial charge in [-0.25, -0.2) is 15.0 Å². The van der Waals surface area contributed by atoms with Crippen molar-refractivity contribution in [3.63, 3.8) is 0 Å². The smallest absolute Gasteiger partial charge is 0.338 e. The van der Waals surface area contributed by atoms with Gasteiger partial charge in [-0.1, -0.05) is 29.8 Å². The van der Waals surface area contributed by atoms with Gasteiger partial charge in [0, 0.05) is 9.27 Å². The number of hydrazone groups is 1. The number of rotatable bonds is 12. The number of ether oxygens (including phenoxy) is 4. The molecular weight excluding hydrogens is 783 g/mol. The highest BCUT2D eigenvalue weighted by Gasteiger charge is 2.32. The molecule has 0 fully saturated rings. The van der Waals surface area contributed by atoms with Gasteiger partial charge in [0.25, 0.3) is 5.91 Å². The van der Waals surface area contributed by atoms with E-state index in [9.17, 15) is 14.4 Å². The fraction of sp³-hybridized carbons (Fsp3) is 0.226. The normalized spacial score (nSPS) is 14.4. The van der Waals surface area contributed by atoms with Crippen molar-refractivity contribution >= 4 is 74.2 Å². The van der Waals surface area contributed by atoms with Crippen molar-refractivity contribution in [3.05, 3.63) is 95.6 Å². The molecule has 11 nitrogen and oxygen atoms in total. The molecule has 45 heavy (non-hydrogen) atoms. The quantitative estimate of drug-likeness (QED) is 0.0882. The van der Waals surface area contributed by atoms with Crippen LogP contribution >= 0.6 is 50.1 Å². The van der Waals surface area contributed by atoms with Crippen LogP contribution in [0.5, 0.6) is 17.2 Å². The number of carbonyl (C=O) groups is 3. The number of hydrogen-bond donors (Lipinski definition) is 3. The highest BCUT2D eigenvalue weighted by atomic mass is 127. The van der Waals surface area contributed by atoms with Crippen molar-refractivity contribution < 1.29 is 33.3 Å². The van der Waals surface area contributed by atoms with E-state index in [1.54, 1.807) is 44.2 Å². The third-order valence-electron chi connectivity index (χ3n) is 6.36. The van der Waals surface area contributed by atoms with Crippen LogP contribution in [-0.2, 0) is 20.9 Å². The van der Waals surface area contributed by atoms with Gasteiger partial charge in [-0.15, -0.1) is 0 Å². The molecule has 0 saturated carbocycles. The largest absolute Gasteiger partial charge is 0.493 e. The van der Waals surface area contributed by atoms with Crippen molar-refractivity contribution in [2.45, 2.75) is 26.5 Å². The minimum absolute atomic E-state index is 0.180. The van der Waals surface area contributed by atoms with Gasteiger partial charge in [-0.2, -0.15) is 5.10 Å². The molecule has 3 aromatic carbocycles. The SMILES string of the molecule is CCOC(=O)C1=C(C)NC(=O)N[C@H]1c1ccc(OCC(=O)N/N=C\c2cc(Cl)c(OCc3ccc(I)cc3)c(Br)c2)c(OC)c1. The summed E-state index contributed by atoms with van der Waals surface area (Å²) in [4.78, 5) is 37.2. The average Bonchev–Trinajstić information content (AvgIpc) is 3.00. The monoisotopic (exact) mass is 810 g/mol. The molecule has 0 bridgehead atoms. The number of urea groups is 1. The number of hydrogen-bond acceptors (Lipinski definition) is 8. The molecule has 1 aliphatic rings. The van der Waals surface area contributed by atoms with Gasteiger partial charge < -0.3 is 29.6 Å². The number of amides is 3. The van der Waals surface area contributed by atoms with E-state index >= 15 is 0 Å². The van der Waals surface area contributed by atoms with Crippen molar-refractivity contribution in [1.29, 1.82) is 0 Å². The maximum atomic E-state index is 12.6. The number of nitrogens with zero attached hydrogens (tertiary/aromatic N) is 1. The summed E-state index contributed by atoms with van der Waals surface area (Å²) < 4.78 is 23.9. The summed E-state index contributed by atoms with van der Waals surface area (Å²) in [7, 11) is 1.44. The van der Waals surface area contributed by atoms with Gasteiger partial charge in [-0.05, 0) is 105 Å². The molecule has 0 radical (unpaired) electrons. The Bertz CT molecular complexity index is 1630. The predicted molar refractivity (Wildman–Crippen MR) is 181 cm³/mol. The average molecular weight is 812 g/mol. The number of esters is 1. The van der Waals surface area contributed by atoms with Gasteiger partial charge in [0.2, 0.25) is 0 Å². The van der Waals surface area contributed by atoms with Crippen molar-refractivity contribution in [2.75, 3.05) is 20.3 Å². The van der Waals surface area contributed by atoms with Gasteiger partial charge in [0.05, 0.1) is 41.0 Å². The van der Waals surface area contributed by atoms with E-state index < -0.39 is 23.9 Å². The van der Waals surface area contributed by atoms with Crippen LogP contribution in [0.15, 0.2) is 75.4 Å². The third-order valence-corrected chi connectivity index (χ3v) is 7.95. The lowest BCUT2D eigenvalue weighted by molar-refractivity contribution is -0.139. The van der Waals surface area contributed by atoms with Crippen LogP contribution in [0.3, 0.4) is 0 Å². The Morgan fingerprint density at radius 1 is 1.11 bits per heavy atom. The van der Waals surface area contributed by atoms with E-state index in [4.69, 9.17) is 30.5 Å². The summed E-state index contributed by atoms with van der Waals surface area (Å²) in [6, 6.07) is 15.0. The standard InChI is InChI=1S/C31H29BrClIN4O7/c1-4-43-30(40)27-17(2)36-31(41)37-28(27)20-7-10-24(25(13-20)42-3)44-16-26(39)38-35-14-19-11-22(32)29(23(33)12-19)45-15-18-5-8-21(34)9-6-18/h5-14,28H,4,15-16H2,1-3H3,(H,38,39)(H2,36,37,41)/b35-14-/t28-/m0/s1. The molecule has 0 unspecified atom stereocenters. The molecule has 1 atom stereocenters. The van der Waals surface area contributed by atoms with Crippen molar-refractivity contribution in [2.24, 2.45) is 5.10 Å². The molecule has 14 heteroatoms. The first kappa shape index (κ1) is 34.1. The second-order valence-electron chi connectivity index (χ2n) is 9.51.